The molecule has 0 aliphatic heterocycles. The van der Waals surface area contributed by atoms with Crippen LogP contribution in [-0.2, 0) is 12.8 Å². The minimum Gasteiger partial charge on any atom is -0.287 e. The van der Waals surface area contributed by atoms with Gasteiger partial charge in [0.05, 0.1) is 5.56 Å². The van der Waals surface area contributed by atoms with Crippen molar-refractivity contribution >= 4 is 0 Å². The molecule has 4 heteroatoms. The van der Waals surface area contributed by atoms with Crippen LogP contribution in [0.15, 0.2) is 18.5 Å². The maximum Gasteiger partial charge on any atom is 0.156 e. The molecular formula is C14H14N4. The van der Waals surface area contributed by atoms with Gasteiger partial charge in [0.25, 0.3) is 0 Å². The molecule has 0 N–H and O–H groups in total. The van der Waals surface area contributed by atoms with Crippen molar-refractivity contribution in [3.8, 4) is 11.9 Å². The lowest BCUT2D eigenvalue weighted by Crippen LogP contribution is -2.11. The van der Waals surface area contributed by atoms with E-state index in [0.29, 0.717) is 11.4 Å². The normalized spacial score (nSPS) is 14.0. The van der Waals surface area contributed by atoms with Crippen molar-refractivity contribution in [3.63, 3.8) is 0 Å². The van der Waals surface area contributed by atoms with Crippen LogP contribution < -0.4 is 0 Å². The number of hydrogen-bond acceptors (Lipinski definition) is 3. The summed E-state index contributed by atoms with van der Waals surface area (Å²) in [5, 5.41) is 9.29. The smallest absolute Gasteiger partial charge is 0.156 e. The second-order valence-corrected chi connectivity index (χ2v) is 4.63. The highest BCUT2D eigenvalue weighted by Gasteiger charge is 2.16. The van der Waals surface area contributed by atoms with Crippen LogP contribution in [0.1, 0.15) is 35.5 Å². The maximum atomic E-state index is 9.29. The number of rotatable bonds is 1. The van der Waals surface area contributed by atoms with E-state index in [2.05, 4.69) is 16.0 Å². The lowest BCUT2D eigenvalue weighted by atomic mass is 9.95. The topological polar surface area (TPSA) is 54.5 Å². The van der Waals surface area contributed by atoms with Crippen LogP contribution >= 0.6 is 0 Å². The molecule has 0 bridgehead atoms. The highest BCUT2D eigenvalue weighted by Crippen LogP contribution is 2.24. The Morgan fingerprint density at radius 1 is 1.33 bits per heavy atom. The molecule has 0 spiro atoms. The summed E-state index contributed by atoms with van der Waals surface area (Å²) in [7, 11) is 0. The molecule has 18 heavy (non-hydrogen) atoms. The summed E-state index contributed by atoms with van der Waals surface area (Å²) in [6, 6.07) is 4.25. The monoisotopic (exact) mass is 238 g/mol. The van der Waals surface area contributed by atoms with Crippen LogP contribution in [0.25, 0.3) is 5.82 Å². The Labute approximate surface area is 106 Å². The van der Waals surface area contributed by atoms with E-state index in [1.54, 1.807) is 6.20 Å². The molecule has 0 atom stereocenters. The molecule has 0 radical (unpaired) electrons. The number of nitriles is 1. The molecule has 0 aromatic carbocycles. The first-order valence-corrected chi connectivity index (χ1v) is 6.23. The van der Waals surface area contributed by atoms with Gasteiger partial charge in [-0.05, 0) is 44.2 Å². The van der Waals surface area contributed by atoms with Crippen LogP contribution in [0.3, 0.4) is 0 Å². The molecule has 0 amide bonds. The van der Waals surface area contributed by atoms with E-state index in [0.717, 1.165) is 24.4 Å². The van der Waals surface area contributed by atoms with Gasteiger partial charge in [0.1, 0.15) is 11.9 Å². The predicted molar refractivity (Wildman–Crippen MR) is 67.5 cm³/mol. The fourth-order valence-electron chi connectivity index (χ4n) is 2.49. The third-order valence-corrected chi connectivity index (χ3v) is 3.46. The number of pyridine rings is 1. The summed E-state index contributed by atoms with van der Waals surface area (Å²) < 4.78 is 1.88. The van der Waals surface area contributed by atoms with Crippen LogP contribution in [-0.4, -0.2) is 14.5 Å². The molecule has 4 nitrogen and oxygen atoms in total. The van der Waals surface area contributed by atoms with E-state index in [1.165, 1.54) is 18.4 Å². The van der Waals surface area contributed by atoms with Crippen molar-refractivity contribution in [2.75, 3.05) is 0 Å². The van der Waals surface area contributed by atoms with E-state index in [-0.39, 0.29) is 0 Å². The Morgan fingerprint density at radius 2 is 2.17 bits per heavy atom. The standard InChI is InChI=1S/C14H14N4/c1-10-16-6-7-18(10)14-12(9-15)8-11-4-2-3-5-13(11)17-14/h6-8H,2-5H2,1H3. The van der Waals surface area contributed by atoms with Gasteiger partial charge < -0.3 is 0 Å². The summed E-state index contributed by atoms with van der Waals surface area (Å²) in [5.41, 5.74) is 3.01. The number of nitrogens with zero attached hydrogens (tertiary/aromatic N) is 4. The zero-order valence-corrected chi connectivity index (χ0v) is 10.3. The SMILES string of the molecule is Cc1nccn1-c1nc2c(cc1C#N)CCCC2. The predicted octanol–water partition coefficient (Wildman–Crippen LogP) is 2.33. The van der Waals surface area contributed by atoms with Gasteiger partial charge in [-0.3, -0.25) is 4.57 Å². The van der Waals surface area contributed by atoms with Crippen LogP contribution in [0.4, 0.5) is 0 Å². The number of hydrogen-bond donors (Lipinski definition) is 0. The van der Waals surface area contributed by atoms with Gasteiger partial charge in [-0.2, -0.15) is 5.26 Å². The quantitative estimate of drug-likeness (QED) is 0.766. The van der Waals surface area contributed by atoms with E-state index >= 15 is 0 Å². The molecule has 2 heterocycles. The summed E-state index contributed by atoms with van der Waals surface area (Å²) in [4.78, 5) is 8.88. The largest absolute Gasteiger partial charge is 0.287 e. The molecule has 2 aromatic rings. The molecule has 1 aliphatic rings. The summed E-state index contributed by atoms with van der Waals surface area (Å²) >= 11 is 0. The first-order valence-electron chi connectivity index (χ1n) is 6.23. The van der Waals surface area contributed by atoms with E-state index in [1.807, 2.05) is 23.8 Å². The Bertz CT molecular complexity index is 634. The van der Waals surface area contributed by atoms with E-state index in [4.69, 9.17) is 0 Å². The van der Waals surface area contributed by atoms with Crippen LogP contribution in [0.2, 0.25) is 0 Å². The van der Waals surface area contributed by atoms with Gasteiger partial charge in [0.2, 0.25) is 0 Å². The number of fused-ring (bicyclic) bond motifs is 1. The lowest BCUT2D eigenvalue weighted by molar-refractivity contribution is 0.664. The number of imidazole rings is 1. The van der Waals surface area contributed by atoms with E-state index in [9.17, 15) is 5.26 Å². The fraction of sp³-hybridized carbons (Fsp3) is 0.357. The van der Waals surface area contributed by atoms with Gasteiger partial charge in [0, 0.05) is 18.1 Å². The van der Waals surface area contributed by atoms with Gasteiger partial charge in [-0.1, -0.05) is 0 Å². The first kappa shape index (κ1) is 11.0. The van der Waals surface area contributed by atoms with Gasteiger partial charge in [-0.25, -0.2) is 9.97 Å². The molecule has 1 aliphatic carbocycles. The van der Waals surface area contributed by atoms with Gasteiger partial charge in [0.15, 0.2) is 5.82 Å². The average Bonchev–Trinajstić information content (AvgIpc) is 2.83. The van der Waals surface area contributed by atoms with Crippen molar-refractivity contribution in [1.29, 1.82) is 5.26 Å². The summed E-state index contributed by atoms with van der Waals surface area (Å²) in [5.74, 6) is 1.57. The van der Waals surface area contributed by atoms with Gasteiger partial charge in [-0.15, -0.1) is 0 Å². The van der Waals surface area contributed by atoms with Crippen molar-refractivity contribution in [1.82, 2.24) is 14.5 Å². The second-order valence-electron chi connectivity index (χ2n) is 4.63. The molecule has 0 unspecified atom stereocenters. The number of aromatic nitrogens is 3. The Kier molecular flexibility index (Phi) is 2.60. The zero-order chi connectivity index (χ0) is 12.5. The fourth-order valence-corrected chi connectivity index (χ4v) is 2.49. The summed E-state index contributed by atoms with van der Waals surface area (Å²) in [6.45, 7) is 1.92. The Balaban J connectivity index is 2.20. The third-order valence-electron chi connectivity index (χ3n) is 3.46. The highest BCUT2D eigenvalue weighted by molar-refractivity contribution is 5.48. The molecule has 3 rings (SSSR count). The van der Waals surface area contributed by atoms with Crippen molar-refractivity contribution in [2.24, 2.45) is 0 Å². The molecule has 2 aromatic heterocycles. The van der Waals surface area contributed by atoms with Crippen molar-refractivity contribution in [3.05, 3.63) is 41.1 Å². The Morgan fingerprint density at radius 3 is 2.89 bits per heavy atom. The first-order chi connectivity index (χ1) is 8.79. The molecule has 0 saturated carbocycles. The molecule has 90 valence electrons. The zero-order valence-electron chi connectivity index (χ0n) is 10.3. The molecule has 0 saturated heterocycles. The highest BCUT2D eigenvalue weighted by atomic mass is 15.1. The average molecular weight is 238 g/mol. The minimum absolute atomic E-state index is 0.636. The van der Waals surface area contributed by atoms with E-state index < -0.39 is 0 Å². The second kappa shape index (κ2) is 4.26. The van der Waals surface area contributed by atoms with Crippen molar-refractivity contribution in [2.45, 2.75) is 32.6 Å². The molecular weight excluding hydrogens is 224 g/mol. The Hall–Kier alpha value is -2.15. The number of aryl methyl sites for hydroxylation is 3. The van der Waals surface area contributed by atoms with Crippen LogP contribution in [0.5, 0.6) is 0 Å². The van der Waals surface area contributed by atoms with Gasteiger partial charge >= 0.3 is 0 Å². The summed E-state index contributed by atoms with van der Waals surface area (Å²) in [6.07, 6.45) is 8.03. The third kappa shape index (κ3) is 1.68. The minimum atomic E-state index is 0.636. The maximum absolute atomic E-state index is 9.29. The molecule has 0 fully saturated rings. The van der Waals surface area contributed by atoms with Crippen LogP contribution in [0, 0.1) is 18.3 Å². The lowest BCUT2D eigenvalue weighted by Gasteiger charge is -2.17. The van der Waals surface area contributed by atoms with Crippen molar-refractivity contribution < 1.29 is 0 Å².